The maximum atomic E-state index is 12.1. The SMILES string of the molecule is COc1cc(CC(=O)O[C@H](C)CC2SCCCS2)cc(OC)c1. The number of carbonyl (C=O) groups excluding carboxylic acids is 1. The first-order valence-electron chi connectivity index (χ1n) is 7.75. The van der Waals surface area contributed by atoms with E-state index in [1.165, 1.54) is 17.9 Å². The highest BCUT2D eigenvalue weighted by molar-refractivity contribution is 8.17. The Bertz CT molecular complexity index is 493. The van der Waals surface area contributed by atoms with E-state index in [0.29, 0.717) is 16.1 Å². The molecule has 1 aromatic carbocycles. The van der Waals surface area contributed by atoms with Crippen LogP contribution in [0.3, 0.4) is 0 Å². The van der Waals surface area contributed by atoms with Gasteiger partial charge in [-0.2, -0.15) is 0 Å². The van der Waals surface area contributed by atoms with Gasteiger partial charge in [-0.15, -0.1) is 23.5 Å². The van der Waals surface area contributed by atoms with E-state index in [-0.39, 0.29) is 18.5 Å². The van der Waals surface area contributed by atoms with Crippen molar-refractivity contribution in [1.29, 1.82) is 0 Å². The fraction of sp³-hybridized carbons (Fsp3) is 0.588. The molecule has 6 heteroatoms. The molecule has 4 nitrogen and oxygen atoms in total. The van der Waals surface area contributed by atoms with Crippen molar-refractivity contribution in [3.05, 3.63) is 23.8 Å². The highest BCUT2D eigenvalue weighted by Crippen LogP contribution is 2.34. The van der Waals surface area contributed by atoms with Crippen LogP contribution in [0.4, 0.5) is 0 Å². The topological polar surface area (TPSA) is 44.8 Å². The predicted octanol–water partition coefficient (Wildman–Crippen LogP) is 3.76. The van der Waals surface area contributed by atoms with Gasteiger partial charge in [0, 0.05) is 12.5 Å². The van der Waals surface area contributed by atoms with Crippen LogP contribution in [0.25, 0.3) is 0 Å². The lowest BCUT2D eigenvalue weighted by Crippen LogP contribution is -2.21. The lowest BCUT2D eigenvalue weighted by Gasteiger charge is -2.23. The maximum Gasteiger partial charge on any atom is 0.310 e. The number of methoxy groups -OCH3 is 2. The standard InChI is InChI=1S/C17H24O4S2/c1-12(7-17-22-5-4-6-23-17)21-16(18)10-13-8-14(19-2)11-15(9-13)20-3/h8-9,11-12,17H,4-7,10H2,1-3H3/t12-/m1/s1. The van der Waals surface area contributed by atoms with Gasteiger partial charge in [-0.05, 0) is 42.5 Å². The first-order chi connectivity index (χ1) is 11.1. The molecular weight excluding hydrogens is 332 g/mol. The van der Waals surface area contributed by atoms with E-state index in [4.69, 9.17) is 14.2 Å². The summed E-state index contributed by atoms with van der Waals surface area (Å²) in [6, 6.07) is 5.46. The predicted molar refractivity (Wildman–Crippen MR) is 96.7 cm³/mol. The molecule has 0 unspecified atom stereocenters. The molecule has 0 N–H and O–H groups in total. The Labute approximate surface area is 146 Å². The fourth-order valence-corrected chi connectivity index (χ4v) is 5.50. The molecular formula is C17H24O4S2. The molecule has 1 atom stereocenters. The molecule has 1 aliphatic rings. The molecule has 0 radical (unpaired) electrons. The average molecular weight is 357 g/mol. The van der Waals surface area contributed by atoms with Crippen molar-refractivity contribution in [3.8, 4) is 11.5 Å². The minimum atomic E-state index is -0.210. The number of rotatable bonds is 7. The molecule has 1 aliphatic heterocycles. The number of thioether (sulfide) groups is 2. The number of benzene rings is 1. The molecule has 2 rings (SSSR count). The summed E-state index contributed by atoms with van der Waals surface area (Å²) < 4.78 is 16.5. The highest BCUT2D eigenvalue weighted by atomic mass is 32.2. The van der Waals surface area contributed by atoms with Crippen LogP contribution >= 0.6 is 23.5 Å². The number of carbonyl (C=O) groups is 1. The average Bonchev–Trinajstić information content (AvgIpc) is 2.54. The summed E-state index contributed by atoms with van der Waals surface area (Å²) in [5, 5.41) is 0. The van der Waals surface area contributed by atoms with Crippen LogP contribution in [0.15, 0.2) is 18.2 Å². The third-order valence-electron chi connectivity index (χ3n) is 3.51. The van der Waals surface area contributed by atoms with E-state index in [2.05, 4.69) is 0 Å². The number of esters is 1. The van der Waals surface area contributed by atoms with Crippen LogP contribution in [0.2, 0.25) is 0 Å². The van der Waals surface area contributed by atoms with Crippen LogP contribution in [0.5, 0.6) is 11.5 Å². The molecule has 1 heterocycles. The summed E-state index contributed by atoms with van der Waals surface area (Å²) >= 11 is 3.94. The molecule has 128 valence electrons. The van der Waals surface area contributed by atoms with Crippen LogP contribution in [0.1, 0.15) is 25.3 Å². The largest absolute Gasteiger partial charge is 0.497 e. The Morgan fingerprint density at radius 3 is 2.35 bits per heavy atom. The molecule has 1 fully saturated rings. The molecule has 1 saturated heterocycles. The Morgan fingerprint density at radius 2 is 1.78 bits per heavy atom. The van der Waals surface area contributed by atoms with E-state index < -0.39 is 0 Å². The molecule has 0 aliphatic carbocycles. The molecule has 0 amide bonds. The van der Waals surface area contributed by atoms with Crippen LogP contribution in [0, 0.1) is 0 Å². The van der Waals surface area contributed by atoms with Crippen molar-refractivity contribution in [3.63, 3.8) is 0 Å². The minimum Gasteiger partial charge on any atom is -0.497 e. The normalized spacial score (nSPS) is 16.7. The van der Waals surface area contributed by atoms with Crippen LogP contribution in [-0.2, 0) is 16.0 Å². The fourth-order valence-electron chi connectivity index (χ4n) is 2.39. The van der Waals surface area contributed by atoms with Gasteiger partial charge in [-0.1, -0.05) is 0 Å². The van der Waals surface area contributed by atoms with E-state index in [1.54, 1.807) is 20.3 Å². The zero-order valence-electron chi connectivity index (χ0n) is 13.9. The van der Waals surface area contributed by atoms with Gasteiger partial charge in [0.05, 0.1) is 25.2 Å². The lowest BCUT2D eigenvalue weighted by molar-refractivity contribution is -0.147. The van der Waals surface area contributed by atoms with E-state index in [1.807, 2.05) is 42.6 Å². The van der Waals surface area contributed by atoms with E-state index in [0.717, 1.165) is 12.0 Å². The monoisotopic (exact) mass is 356 g/mol. The second-order valence-corrected chi connectivity index (χ2v) is 8.38. The molecule has 0 saturated carbocycles. The van der Waals surface area contributed by atoms with E-state index >= 15 is 0 Å². The third-order valence-corrected chi connectivity index (χ3v) is 6.51. The van der Waals surface area contributed by atoms with Gasteiger partial charge in [0.25, 0.3) is 0 Å². The van der Waals surface area contributed by atoms with Gasteiger partial charge in [0.1, 0.15) is 17.6 Å². The van der Waals surface area contributed by atoms with Crippen molar-refractivity contribution in [2.24, 2.45) is 0 Å². The molecule has 23 heavy (non-hydrogen) atoms. The van der Waals surface area contributed by atoms with E-state index in [9.17, 15) is 4.79 Å². The Balaban J connectivity index is 1.86. The van der Waals surface area contributed by atoms with Gasteiger partial charge in [-0.3, -0.25) is 4.79 Å². The molecule has 0 aromatic heterocycles. The lowest BCUT2D eigenvalue weighted by atomic mass is 10.1. The van der Waals surface area contributed by atoms with Crippen LogP contribution < -0.4 is 9.47 Å². The first kappa shape index (κ1) is 18.3. The van der Waals surface area contributed by atoms with Crippen molar-refractivity contribution in [2.45, 2.75) is 36.9 Å². The Hall–Kier alpha value is -1.01. The summed E-state index contributed by atoms with van der Waals surface area (Å²) in [7, 11) is 3.19. The second-order valence-electron chi connectivity index (χ2n) is 5.46. The van der Waals surface area contributed by atoms with Crippen LogP contribution in [-0.4, -0.2) is 42.4 Å². The summed E-state index contributed by atoms with van der Waals surface area (Å²) in [5.74, 6) is 3.56. The highest BCUT2D eigenvalue weighted by Gasteiger charge is 2.20. The van der Waals surface area contributed by atoms with Gasteiger partial charge in [-0.25, -0.2) is 0 Å². The van der Waals surface area contributed by atoms with Gasteiger partial charge >= 0.3 is 5.97 Å². The van der Waals surface area contributed by atoms with Crippen molar-refractivity contribution >= 4 is 29.5 Å². The van der Waals surface area contributed by atoms with Crippen molar-refractivity contribution in [2.75, 3.05) is 25.7 Å². The summed E-state index contributed by atoms with van der Waals surface area (Å²) in [5.41, 5.74) is 0.833. The zero-order chi connectivity index (χ0) is 16.7. The van der Waals surface area contributed by atoms with Crippen molar-refractivity contribution in [1.82, 2.24) is 0 Å². The maximum absolute atomic E-state index is 12.1. The minimum absolute atomic E-state index is 0.0573. The molecule has 0 bridgehead atoms. The zero-order valence-corrected chi connectivity index (χ0v) is 15.5. The van der Waals surface area contributed by atoms with Gasteiger partial charge in [0.15, 0.2) is 0 Å². The first-order valence-corrected chi connectivity index (χ1v) is 9.85. The Morgan fingerprint density at radius 1 is 1.17 bits per heavy atom. The smallest absolute Gasteiger partial charge is 0.310 e. The summed E-state index contributed by atoms with van der Waals surface area (Å²) in [6.07, 6.45) is 2.35. The van der Waals surface area contributed by atoms with Gasteiger partial charge in [0.2, 0.25) is 0 Å². The van der Waals surface area contributed by atoms with Gasteiger partial charge < -0.3 is 14.2 Å². The number of hydrogen-bond acceptors (Lipinski definition) is 6. The number of hydrogen-bond donors (Lipinski definition) is 0. The summed E-state index contributed by atoms with van der Waals surface area (Å²) in [4.78, 5) is 12.1. The van der Waals surface area contributed by atoms with Crippen molar-refractivity contribution < 1.29 is 19.0 Å². The number of ether oxygens (including phenoxy) is 3. The quantitative estimate of drug-likeness (QED) is 0.693. The molecule has 0 spiro atoms. The third kappa shape index (κ3) is 6.18. The molecule has 1 aromatic rings. The second kappa shape index (κ2) is 9.33. The summed E-state index contributed by atoms with van der Waals surface area (Å²) in [6.45, 7) is 1.97. The Kier molecular flexibility index (Phi) is 7.43.